The molecule has 5 heteroatoms. The molecule has 0 unspecified atom stereocenters. The monoisotopic (exact) mass is 326 g/mol. The van der Waals surface area contributed by atoms with E-state index in [-0.39, 0.29) is 6.03 Å². The first kappa shape index (κ1) is 15.5. The Morgan fingerprint density at radius 3 is 2.75 bits per heavy atom. The van der Waals surface area contributed by atoms with E-state index in [0.717, 1.165) is 49.8 Å². The van der Waals surface area contributed by atoms with Gasteiger partial charge in [-0.2, -0.15) is 0 Å². The Morgan fingerprint density at radius 1 is 1.17 bits per heavy atom. The van der Waals surface area contributed by atoms with Crippen LogP contribution in [-0.4, -0.2) is 40.0 Å². The second kappa shape index (κ2) is 6.83. The number of likely N-dealkylation sites (tertiary alicyclic amines) is 1. The average Bonchev–Trinajstić information content (AvgIpc) is 3.07. The van der Waals surface area contributed by atoms with Crippen LogP contribution in [0.3, 0.4) is 0 Å². The molecule has 128 valence electrons. The van der Waals surface area contributed by atoms with Gasteiger partial charge in [-0.05, 0) is 49.3 Å². The SMILES string of the molecule is O=C(NC1CCCCC1)N1CCC(c2c[nH]c3cccnc23)CC1. The molecule has 2 aromatic heterocycles. The fraction of sp³-hybridized carbons (Fsp3) is 0.579. The van der Waals surface area contributed by atoms with E-state index in [9.17, 15) is 4.79 Å². The van der Waals surface area contributed by atoms with Gasteiger partial charge in [-0.3, -0.25) is 4.98 Å². The van der Waals surface area contributed by atoms with Crippen LogP contribution in [0.4, 0.5) is 4.79 Å². The van der Waals surface area contributed by atoms with Crippen molar-refractivity contribution in [1.29, 1.82) is 0 Å². The molecule has 1 saturated carbocycles. The summed E-state index contributed by atoms with van der Waals surface area (Å²) < 4.78 is 0. The van der Waals surface area contributed by atoms with Gasteiger partial charge in [0.05, 0.1) is 11.0 Å². The van der Waals surface area contributed by atoms with Crippen molar-refractivity contribution in [2.75, 3.05) is 13.1 Å². The van der Waals surface area contributed by atoms with Gasteiger partial charge in [-0.25, -0.2) is 4.79 Å². The van der Waals surface area contributed by atoms with Crippen LogP contribution in [0, 0.1) is 0 Å². The topological polar surface area (TPSA) is 61.0 Å². The third-order valence-electron chi connectivity index (χ3n) is 5.62. The van der Waals surface area contributed by atoms with Crippen LogP contribution in [0.1, 0.15) is 56.4 Å². The van der Waals surface area contributed by atoms with Crippen LogP contribution < -0.4 is 5.32 Å². The van der Waals surface area contributed by atoms with Crippen molar-refractivity contribution in [3.05, 3.63) is 30.1 Å². The van der Waals surface area contributed by atoms with Crippen molar-refractivity contribution >= 4 is 17.1 Å². The summed E-state index contributed by atoms with van der Waals surface area (Å²) in [7, 11) is 0. The number of fused-ring (bicyclic) bond motifs is 1. The van der Waals surface area contributed by atoms with Crippen molar-refractivity contribution in [1.82, 2.24) is 20.2 Å². The zero-order valence-corrected chi connectivity index (χ0v) is 14.1. The first-order valence-corrected chi connectivity index (χ1v) is 9.29. The number of carbonyl (C=O) groups excluding carboxylic acids is 1. The highest BCUT2D eigenvalue weighted by Gasteiger charge is 2.27. The summed E-state index contributed by atoms with van der Waals surface area (Å²) in [5.41, 5.74) is 3.49. The summed E-state index contributed by atoms with van der Waals surface area (Å²) in [4.78, 5) is 22.3. The predicted molar refractivity (Wildman–Crippen MR) is 95.0 cm³/mol. The van der Waals surface area contributed by atoms with Gasteiger partial charge in [-0.1, -0.05) is 19.3 Å². The molecule has 1 saturated heterocycles. The second-order valence-electron chi connectivity index (χ2n) is 7.19. The number of H-pyrrole nitrogens is 1. The highest BCUT2D eigenvalue weighted by Crippen LogP contribution is 2.32. The Labute approximate surface area is 142 Å². The van der Waals surface area contributed by atoms with E-state index in [2.05, 4.69) is 27.5 Å². The number of carbonyl (C=O) groups is 1. The molecule has 0 atom stereocenters. The number of nitrogens with zero attached hydrogens (tertiary/aromatic N) is 2. The number of aromatic amines is 1. The molecule has 2 fully saturated rings. The van der Waals surface area contributed by atoms with Gasteiger partial charge in [0.25, 0.3) is 0 Å². The molecule has 2 aliphatic rings. The normalized spacial score (nSPS) is 20.4. The maximum atomic E-state index is 12.5. The van der Waals surface area contributed by atoms with Crippen LogP contribution in [-0.2, 0) is 0 Å². The van der Waals surface area contributed by atoms with Gasteiger partial charge in [0.2, 0.25) is 0 Å². The van der Waals surface area contributed by atoms with Crippen molar-refractivity contribution in [3.8, 4) is 0 Å². The largest absolute Gasteiger partial charge is 0.360 e. The highest BCUT2D eigenvalue weighted by atomic mass is 16.2. The molecule has 5 nitrogen and oxygen atoms in total. The molecule has 1 aliphatic heterocycles. The lowest BCUT2D eigenvalue weighted by Gasteiger charge is -2.33. The zero-order chi connectivity index (χ0) is 16.4. The van der Waals surface area contributed by atoms with E-state index in [1.54, 1.807) is 0 Å². The molecule has 2 amide bonds. The molecule has 4 rings (SSSR count). The number of aromatic nitrogens is 2. The molecule has 0 spiro atoms. The van der Waals surface area contributed by atoms with Gasteiger partial charge >= 0.3 is 6.03 Å². The quantitative estimate of drug-likeness (QED) is 0.882. The summed E-state index contributed by atoms with van der Waals surface area (Å²) in [6, 6.07) is 4.55. The lowest BCUT2D eigenvalue weighted by atomic mass is 9.90. The molecule has 3 heterocycles. The molecular formula is C19H26N4O. The predicted octanol–water partition coefficient (Wildman–Crippen LogP) is 3.78. The molecule has 2 aromatic rings. The van der Waals surface area contributed by atoms with Gasteiger partial charge in [-0.15, -0.1) is 0 Å². The number of hydrogen-bond donors (Lipinski definition) is 2. The number of pyridine rings is 1. The second-order valence-corrected chi connectivity index (χ2v) is 7.19. The number of hydrogen-bond acceptors (Lipinski definition) is 2. The number of rotatable bonds is 2. The first-order valence-electron chi connectivity index (χ1n) is 9.29. The number of nitrogens with one attached hydrogen (secondary N) is 2. The summed E-state index contributed by atoms with van der Waals surface area (Å²) in [6.45, 7) is 1.67. The van der Waals surface area contributed by atoms with Crippen LogP contribution in [0.25, 0.3) is 11.0 Å². The fourth-order valence-corrected chi connectivity index (χ4v) is 4.19. The van der Waals surface area contributed by atoms with E-state index in [1.807, 2.05) is 17.2 Å². The third-order valence-corrected chi connectivity index (χ3v) is 5.62. The smallest absolute Gasteiger partial charge is 0.317 e. The van der Waals surface area contributed by atoms with Gasteiger partial charge in [0, 0.05) is 31.5 Å². The summed E-state index contributed by atoms with van der Waals surface area (Å²) in [5.74, 6) is 0.493. The van der Waals surface area contributed by atoms with Crippen LogP contribution in [0.5, 0.6) is 0 Å². The molecular weight excluding hydrogens is 300 g/mol. The standard InChI is InChI=1S/C19H26N4O/c24-19(22-15-5-2-1-3-6-15)23-11-8-14(9-12-23)16-13-21-17-7-4-10-20-18(16)17/h4,7,10,13-15,21H,1-3,5-6,8-9,11-12H2,(H,22,24). The maximum Gasteiger partial charge on any atom is 0.317 e. The first-order chi connectivity index (χ1) is 11.8. The Hall–Kier alpha value is -2.04. The van der Waals surface area contributed by atoms with Crippen molar-refractivity contribution in [2.45, 2.75) is 56.9 Å². The lowest BCUT2D eigenvalue weighted by Crippen LogP contribution is -2.48. The van der Waals surface area contributed by atoms with E-state index in [4.69, 9.17) is 0 Å². The molecule has 0 bridgehead atoms. The summed E-state index contributed by atoms with van der Waals surface area (Å²) in [5, 5.41) is 3.24. The van der Waals surface area contributed by atoms with Crippen LogP contribution >= 0.6 is 0 Å². The molecule has 24 heavy (non-hydrogen) atoms. The summed E-state index contributed by atoms with van der Waals surface area (Å²) >= 11 is 0. The van der Waals surface area contributed by atoms with Crippen molar-refractivity contribution < 1.29 is 4.79 Å². The lowest BCUT2D eigenvalue weighted by molar-refractivity contribution is 0.174. The van der Waals surface area contributed by atoms with Crippen LogP contribution in [0.15, 0.2) is 24.5 Å². The molecule has 2 N–H and O–H groups in total. The summed E-state index contributed by atoms with van der Waals surface area (Å²) in [6.07, 6.45) is 12.1. The van der Waals surface area contributed by atoms with Crippen molar-refractivity contribution in [2.24, 2.45) is 0 Å². The Kier molecular flexibility index (Phi) is 4.41. The fourth-order valence-electron chi connectivity index (χ4n) is 4.19. The van der Waals surface area contributed by atoms with Crippen LogP contribution in [0.2, 0.25) is 0 Å². The Morgan fingerprint density at radius 2 is 1.96 bits per heavy atom. The van der Waals surface area contributed by atoms with Gasteiger partial charge < -0.3 is 15.2 Å². The number of amides is 2. The molecule has 0 aromatic carbocycles. The molecule has 0 radical (unpaired) electrons. The Bertz CT molecular complexity index is 696. The van der Waals surface area contributed by atoms with E-state index < -0.39 is 0 Å². The zero-order valence-electron chi connectivity index (χ0n) is 14.1. The van der Waals surface area contributed by atoms with E-state index >= 15 is 0 Å². The third kappa shape index (κ3) is 3.12. The minimum absolute atomic E-state index is 0.136. The maximum absolute atomic E-state index is 12.5. The Balaban J connectivity index is 1.35. The van der Waals surface area contributed by atoms with Gasteiger partial charge in [0.15, 0.2) is 0 Å². The minimum Gasteiger partial charge on any atom is -0.360 e. The molecule has 1 aliphatic carbocycles. The van der Waals surface area contributed by atoms with E-state index in [1.165, 1.54) is 24.8 Å². The van der Waals surface area contributed by atoms with E-state index in [0.29, 0.717) is 12.0 Å². The number of urea groups is 1. The average molecular weight is 326 g/mol. The number of piperidine rings is 1. The minimum atomic E-state index is 0.136. The highest BCUT2D eigenvalue weighted by molar-refractivity contribution is 5.79. The van der Waals surface area contributed by atoms with Gasteiger partial charge in [0.1, 0.15) is 0 Å². The van der Waals surface area contributed by atoms with Crippen molar-refractivity contribution in [3.63, 3.8) is 0 Å².